The molecule has 1 aromatic carbocycles. The number of hydrogen-bond donors (Lipinski definition) is 3. The highest BCUT2D eigenvalue weighted by molar-refractivity contribution is 5.85. The van der Waals surface area contributed by atoms with Gasteiger partial charge in [-0.1, -0.05) is 6.07 Å². The van der Waals surface area contributed by atoms with Gasteiger partial charge >= 0.3 is 5.76 Å². The van der Waals surface area contributed by atoms with Gasteiger partial charge in [0.1, 0.15) is 0 Å². The highest BCUT2D eigenvalue weighted by Gasteiger charge is 2.07. The number of hydrogen-bond acceptors (Lipinski definition) is 4. The average Bonchev–Trinajstić information content (AvgIpc) is 2.55. The number of rotatable bonds is 2. The zero-order valence-corrected chi connectivity index (χ0v) is 8.58. The summed E-state index contributed by atoms with van der Waals surface area (Å²) >= 11 is 0. The Labute approximate surface area is 91.3 Å². The van der Waals surface area contributed by atoms with Crippen molar-refractivity contribution in [2.75, 3.05) is 6.54 Å². The maximum Gasteiger partial charge on any atom is 0.417 e. The summed E-state index contributed by atoms with van der Waals surface area (Å²) in [5.41, 5.74) is 6.99. The molecule has 0 fully saturated rings. The van der Waals surface area contributed by atoms with Gasteiger partial charge in [-0.25, -0.2) is 4.79 Å². The summed E-state index contributed by atoms with van der Waals surface area (Å²) in [7, 11) is 0. The summed E-state index contributed by atoms with van der Waals surface area (Å²) in [5, 5.41) is 9.44. The zero-order chi connectivity index (χ0) is 10.1. The summed E-state index contributed by atoms with van der Waals surface area (Å²) in [5.74, 6) is -0.501. The van der Waals surface area contributed by atoms with Crippen LogP contribution in [0.25, 0.3) is 11.1 Å². The molecule has 0 spiro atoms. The first-order valence-electron chi connectivity index (χ1n) is 4.21. The number of oxazole rings is 1. The smallest absolute Gasteiger partial charge is 0.408 e. The molecule has 4 N–H and O–H groups in total. The van der Waals surface area contributed by atoms with Crippen molar-refractivity contribution in [1.29, 1.82) is 0 Å². The van der Waals surface area contributed by atoms with Crippen molar-refractivity contribution < 1.29 is 9.52 Å². The fraction of sp³-hybridized carbons (Fsp3) is 0.222. The number of halogens is 1. The number of H-pyrrole nitrogens is 1. The summed E-state index contributed by atoms with van der Waals surface area (Å²) in [4.78, 5) is 13.3. The summed E-state index contributed by atoms with van der Waals surface area (Å²) in [6.45, 7) is 0.139. The molecule has 5 nitrogen and oxygen atoms in total. The van der Waals surface area contributed by atoms with Gasteiger partial charge < -0.3 is 15.3 Å². The van der Waals surface area contributed by atoms with Gasteiger partial charge in [-0.05, 0) is 17.7 Å². The van der Waals surface area contributed by atoms with Crippen LogP contribution in [-0.4, -0.2) is 16.6 Å². The molecule has 1 heterocycles. The van der Waals surface area contributed by atoms with Crippen LogP contribution in [0.15, 0.2) is 27.4 Å². The lowest BCUT2D eigenvalue weighted by Gasteiger charge is -2.06. The van der Waals surface area contributed by atoms with Gasteiger partial charge in [-0.2, -0.15) is 0 Å². The Hall–Kier alpha value is -1.30. The quantitative estimate of drug-likeness (QED) is 0.702. The molecule has 0 aliphatic heterocycles. The number of aliphatic hydroxyl groups is 1. The minimum absolute atomic E-state index is 0. The number of benzene rings is 1. The molecule has 15 heavy (non-hydrogen) atoms. The van der Waals surface area contributed by atoms with Crippen molar-refractivity contribution >= 4 is 23.5 Å². The maximum atomic E-state index is 10.8. The normalized spacial score (nSPS) is 12.4. The molecule has 1 aromatic heterocycles. The van der Waals surface area contributed by atoms with E-state index in [1.54, 1.807) is 18.2 Å². The number of aromatic amines is 1. The Morgan fingerprint density at radius 3 is 2.93 bits per heavy atom. The van der Waals surface area contributed by atoms with E-state index in [1.165, 1.54) is 0 Å². The van der Waals surface area contributed by atoms with Crippen LogP contribution in [0.1, 0.15) is 11.7 Å². The van der Waals surface area contributed by atoms with Gasteiger partial charge in [0.2, 0.25) is 0 Å². The number of nitrogens with one attached hydrogen (secondary N) is 1. The minimum atomic E-state index is -0.723. The maximum absolute atomic E-state index is 10.8. The molecule has 0 bridgehead atoms. The van der Waals surface area contributed by atoms with Crippen molar-refractivity contribution in [3.05, 3.63) is 34.3 Å². The van der Waals surface area contributed by atoms with Crippen molar-refractivity contribution in [1.82, 2.24) is 4.98 Å². The fourth-order valence-electron chi connectivity index (χ4n) is 1.31. The average molecular weight is 231 g/mol. The van der Waals surface area contributed by atoms with E-state index in [0.717, 1.165) is 0 Å². The molecule has 0 aliphatic rings. The van der Waals surface area contributed by atoms with Crippen LogP contribution in [0.2, 0.25) is 0 Å². The fourth-order valence-corrected chi connectivity index (χ4v) is 1.31. The Morgan fingerprint density at radius 2 is 2.27 bits per heavy atom. The molecule has 0 saturated heterocycles. The van der Waals surface area contributed by atoms with E-state index in [1.807, 2.05) is 0 Å². The first-order chi connectivity index (χ1) is 6.70. The SMILES string of the molecule is Cl.NCC(O)c1ccc2[nH]c(=O)oc2c1. The molecule has 1 unspecified atom stereocenters. The third-order valence-electron chi connectivity index (χ3n) is 2.05. The monoisotopic (exact) mass is 230 g/mol. The summed E-state index contributed by atoms with van der Waals surface area (Å²) < 4.78 is 4.84. The van der Waals surface area contributed by atoms with Gasteiger partial charge in [0, 0.05) is 6.54 Å². The summed E-state index contributed by atoms with van der Waals surface area (Å²) in [6.07, 6.45) is -0.723. The van der Waals surface area contributed by atoms with E-state index in [2.05, 4.69) is 4.98 Å². The highest BCUT2D eigenvalue weighted by Crippen LogP contribution is 2.17. The second-order valence-electron chi connectivity index (χ2n) is 3.02. The largest absolute Gasteiger partial charge is 0.417 e. The molecular weight excluding hydrogens is 220 g/mol. The topological polar surface area (TPSA) is 92.2 Å². The number of nitrogens with two attached hydrogens (primary N) is 1. The number of fused-ring (bicyclic) bond motifs is 1. The van der Waals surface area contributed by atoms with E-state index < -0.39 is 11.9 Å². The molecule has 2 aromatic rings. The van der Waals surface area contributed by atoms with Gasteiger partial charge in [-0.3, -0.25) is 4.98 Å². The van der Waals surface area contributed by atoms with Crippen LogP contribution >= 0.6 is 12.4 Å². The van der Waals surface area contributed by atoms with Gasteiger partial charge in [0.05, 0.1) is 11.6 Å². The Balaban J connectivity index is 0.00000112. The lowest BCUT2D eigenvalue weighted by atomic mass is 10.1. The van der Waals surface area contributed by atoms with Gasteiger partial charge in [0.15, 0.2) is 5.58 Å². The molecule has 0 amide bonds. The van der Waals surface area contributed by atoms with Gasteiger partial charge in [-0.15, -0.1) is 12.4 Å². The van der Waals surface area contributed by atoms with E-state index >= 15 is 0 Å². The minimum Gasteiger partial charge on any atom is -0.408 e. The predicted octanol–water partition coefficient (Wildman–Crippen LogP) is 0.535. The molecule has 2 rings (SSSR count). The predicted molar refractivity (Wildman–Crippen MR) is 58.1 cm³/mol. The van der Waals surface area contributed by atoms with Crippen molar-refractivity contribution in [2.45, 2.75) is 6.10 Å². The molecule has 6 heteroatoms. The third-order valence-corrected chi connectivity index (χ3v) is 2.05. The first-order valence-corrected chi connectivity index (χ1v) is 4.21. The number of aliphatic hydroxyl groups excluding tert-OH is 1. The number of aromatic nitrogens is 1. The van der Waals surface area contributed by atoms with Crippen LogP contribution in [0.3, 0.4) is 0 Å². The lowest BCUT2D eigenvalue weighted by molar-refractivity contribution is 0.187. The second-order valence-corrected chi connectivity index (χ2v) is 3.02. The van der Waals surface area contributed by atoms with E-state index in [9.17, 15) is 9.90 Å². The second kappa shape index (κ2) is 4.48. The Bertz CT molecular complexity index is 505. The van der Waals surface area contributed by atoms with Crippen molar-refractivity contribution in [3.63, 3.8) is 0 Å². The lowest BCUT2D eigenvalue weighted by Crippen LogP contribution is -2.11. The Kier molecular flexibility index (Phi) is 3.52. The highest BCUT2D eigenvalue weighted by atomic mass is 35.5. The molecule has 0 aliphatic carbocycles. The Morgan fingerprint density at radius 1 is 1.53 bits per heavy atom. The van der Waals surface area contributed by atoms with Crippen LogP contribution < -0.4 is 11.5 Å². The molecule has 82 valence electrons. The van der Waals surface area contributed by atoms with Crippen LogP contribution in [-0.2, 0) is 0 Å². The molecule has 0 radical (unpaired) electrons. The first kappa shape index (κ1) is 11.8. The van der Waals surface area contributed by atoms with E-state index in [4.69, 9.17) is 10.2 Å². The summed E-state index contributed by atoms with van der Waals surface area (Å²) in [6, 6.07) is 4.98. The van der Waals surface area contributed by atoms with E-state index in [0.29, 0.717) is 16.7 Å². The molecule has 0 saturated carbocycles. The van der Waals surface area contributed by atoms with Gasteiger partial charge in [0.25, 0.3) is 0 Å². The molecular formula is C9H11ClN2O3. The van der Waals surface area contributed by atoms with E-state index in [-0.39, 0.29) is 19.0 Å². The van der Waals surface area contributed by atoms with Crippen LogP contribution in [0, 0.1) is 0 Å². The third kappa shape index (κ3) is 2.20. The van der Waals surface area contributed by atoms with Crippen molar-refractivity contribution in [3.8, 4) is 0 Å². The van der Waals surface area contributed by atoms with Crippen LogP contribution in [0.4, 0.5) is 0 Å². The zero-order valence-electron chi connectivity index (χ0n) is 7.77. The molecule has 1 atom stereocenters. The van der Waals surface area contributed by atoms with Crippen molar-refractivity contribution in [2.24, 2.45) is 5.73 Å². The standard InChI is InChI=1S/C9H10N2O3.ClH/c10-4-7(12)5-1-2-6-8(3-5)14-9(13)11-6;/h1-3,7,12H,4,10H2,(H,11,13);1H. The van der Waals surface area contributed by atoms with Crippen LogP contribution in [0.5, 0.6) is 0 Å².